The zero-order valence-electron chi connectivity index (χ0n) is 9.47. The van der Waals surface area contributed by atoms with Gasteiger partial charge in [-0.25, -0.2) is 4.79 Å². The number of carboxylic acid groups (broad SMARTS) is 1. The summed E-state index contributed by atoms with van der Waals surface area (Å²) < 4.78 is 0. The number of rotatable bonds is 2. The van der Waals surface area contributed by atoms with Crippen molar-refractivity contribution < 1.29 is 9.90 Å². The number of hydrogen-bond donors (Lipinski definition) is 1. The van der Waals surface area contributed by atoms with E-state index < -0.39 is 5.97 Å². The molecule has 1 fully saturated rings. The zero-order valence-corrected chi connectivity index (χ0v) is 9.47. The van der Waals surface area contributed by atoms with E-state index in [1.807, 2.05) is 4.90 Å². The highest BCUT2D eigenvalue weighted by molar-refractivity contribution is 5.93. The molecule has 16 heavy (non-hydrogen) atoms. The molecule has 1 aliphatic rings. The lowest BCUT2D eigenvalue weighted by Gasteiger charge is -2.21. The molecule has 2 rings (SSSR count). The Balaban J connectivity index is 2.31. The van der Waals surface area contributed by atoms with Crippen LogP contribution in [-0.4, -0.2) is 34.4 Å². The molecule has 1 aromatic rings. The average molecular weight is 221 g/mol. The Morgan fingerprint density at radius 2 is 2.31 bits per heavy atom. The van der Waals surface area contributed by atoms with Gasteiger partial charge in [0.25, 0.3) is 0 Å². The van der Waals surface area contributed by atoms with E-state index in [-0.39, 0.29) is 11.0 Å². The second-order valence-electron chi connectivity index (χ2n) is 4.91. The van der Waals surface area contributed by atoms with Crippen molar-refractivity contribution in [2.45, 2.75) is 20.3 Å². The molecule has 5 nitrogen and oxygen atoms in total. The third-order valence-electron chi connectivity index (χ3n) is 2.91. The second kappa shape index (κ2) is 3.73. The standard InChI is InChI=1S/C11H15N3O2/c1-11(2)4-6-14(7-11)9-8(10(15)16)3-5-12-13-9/h3,5H,4,6-7H2,1-2H3,(H,15,16). The lowest BCUT2D eigenvalue weighted by Crippen LogP contribution is -2.26. The summed E-state index contributed by atoms with van der Waals surface area (Å²) in [5.74, 6) is -0.463. The van der Waals surface area contributed by atoms with E-state index in [1.54, 1.807) is 0 Å². The predicted molar refractivity (Wildman–Crippen MR) is 59.6 cm³/mol. The van der Waals surface area contributed by atoms with E-state index >= 15 is 0 Å². The molecule has 1 aromatic heterocycles. The summed E-state index contributed by atoms with van der Waals surface area (Å²) in [6.45, 7) is 6.01. The summed E-state index contributed by atoms with van der Waals surface area (Å²) in [6, 6.07) is 1.50. The van der Waals surface area contributed by atoms with Gasteiger partial charge in [-0.2, -0.15) is 5.10 Å². The van der Waals surface area contributed by atoms with Crippen LogP contribution >= 0.6 is 0 Å². The predicted octanol–water partition coefficient (Wildman–Crippen LogP) is 1.41. The first-order valence-corrected chi connectivity index (χ1v) is 5.29. The maximum atomic E-state index is 11.0. The van der Waals surface area contributed by atoms with Crippen molar-refractivity contribution >= 4 is 11.8 Å². The molecule has 2 heterocycles. The van der Waals surface area contributed by atoms with Gasteiger partial charge in [0, 0.05) is 13.1 Å². The summed E-state index contributed by atoms with van der Waals surface area (Å²) in [5, 5.41) is 16.8. The first-order valence-electron chi connectivity index (χ1n) is 5.29. The van der Waals surface area contributed by atoms with Gasteiger partial charge in [-0.15, -0.1) is 5.10 Å². The molecule has 0 amide bonds. The first kappa shape index (κ1) is 10.9. The van der Waals surface area contributed by atoms with Crippen LogP contribution in [0.5, 0.6) is 0 Å². The largest absolute Gasteiger partial charge is 0.478 e. The van der Waals surface area contributed by atoms with Crippen LogP contribution in [-0.2, 0) is 0 Å². The van der Waals surface area contributed by atoms with Gasteiger partial charge in [0.2, 0.25) is 0 Å². The van der Waals surface area contributed by atoms with E-state index in [0.29, 0.717) is 5.82 Å². The monoisotopic (exact) mass is 221 g/mol. The van der Waals surface area contributed by atoms with Crippen LogP contribution in [0, 0.1) is 5.41 Å². The van der Waals surface area contributed by atoms with Crippen molar-refractivity contribution in [1.82, 2.24) is 10.2 Å². The second-order valence-corrected chi connectivity index (χ2v) is 4.91. The molecule has 0 saturated carbocycles. The minimum Gasteiger partial charge on any atom is -0.478 e. The van der Waals surface area contributed by atoms with Crippen molar-refractivity contribution in [2.24, 2.45) is 5.41 Å². The highest BCUT2D eigenvalue weighted by atomic mass is 16.4. The van der Waals surface area contributed by atoms with Crippen molar-refractivity contribution in [3.8, 4) is 0 Å². The fourth-order valence-electron chi connectivity index (χ4n) is 2.02. The lowest BCUT2D eigenvalue weighted by molar-refractivity contribution is 0.0697. The molecule has 0 unspecified atom stereocenters. The van der Waals surface area contributed by atoms with E-state index in [0.717, 1.165) is 19.5 Å². The van der Waals surface area contributed by atoms with Crippen molar-refractivity contribution in [1.29, 1.82) is 0 Å². The molecule has 0 spiro atoms. The number of aromatic carboxylic acids is 1. The van der Waals surface area contributed by atoms with E-state index in [9.17, 15) is 4.79 Å². The lowest BCUT2D eigenvalue weighted by atomic mass is 9.93. The van der Waals surface area contributed by atoms with E-state index in [4.69, 9.17) is 5.11 Å². The van der Waals surface area contributed by atoms with E-state index in [2.05, 4.69) is 24.0 Å². The van der Waals surface area contributed by atoms with Crippen LogP contribution in [0.1, 0.15) is 30.6 Å². The Kier molecular flexibility index (Phi) is 2.53. The zero-order chi connectivity index (χ0) is 11.8. The van der Waals surface area contributed by atoms with Crippen LogP contribution in [0.25, 0.3) is 0 Å². The highest BCUT2D eigenvalue weighted by Gasteiger charge is 2.32. The molecule has 86 valence electrons. The maximum Gasteiger partial charge on any atom is 0.339 e. The van der Waals surface area contributed by atoms with Crippen molar-refractivity contribution in [2.75, 3.05) is 18.0 Å². The van der Waals surface area contributed by atoms with Gasteiger partial charge in [-0.05, 0) is 17.9 Å². The molecule has 0 atom stereocenters. The minimum atomic E-state index is -0.949. The fourth-order valence-corrected chi connectivity index (χ4v) is 2.02. The molecule has 5 heteroatoms. The van der Waals surface area contributed by atoms with Crippen molar-refractivity contribution in [3.05, 3.63) is 17.8 Å². The molecule has 0 radical (unpaired) electrons. The van der Waals surface area contributed by atoms with Gasteiger partial charge < -0.3 is 10.0 Å². The van der Waals surface area contributed by atoms with Gasteiger partial charge in [-0.3, -0.25) is 0 Å². The van der Waals surface area contributed by atoms with Gasteiger partial charge in [0.1, 0.15) is 5.56 Å². The smallest absolute Gasteiger partial charge is 0.339 e. The molecule has 1 N–H and O–H groups in total. The summed E-state index contributed by atoms with van der Waals surface area (Å²) in [4.78, 5) is 13.0. The SMILES string of the molecule is CC1(C)CCN(c2nnccc2C(=O)O)C1. The fraction of sp³-hybridized carbons (Fsp3) is 0.545. The number of nitrogens with zero attached hydrogens (tertiary/aromatic N) is 3. The van der Waals surface area contributed by atoms with E-state index in [1.165, 1.54) is 12.3 Å². The topological polar surface area (TPSA) is 66.3 Å². The Morgan fingerprint density at radius 3 is 2.88 bits per heavy atom. The van der Waals surface area contributed by atoms with Gasteiger partial charge in [0.05, 0.1) is 6.20 Å². The Morgan fingerprint density at radius 1 is 1.56 bits per heavy atom. The molecule has 0 bridgehead atoms. The van der Waals surface area contributed by atoms with Crippen molar-refractivity contribution in [3.63, 3.8) is 0 Å². The maximum absolute atomic E-state index is 11.0. The number of carboxylic acids is 1. The molecule has 0 aromatic carbocycles. The normalized spacial score (nSPS) is 18.8. The number of carbonyl (C=O) groups is 1. The third kappa shape index (κ3) is 1.98. The number of aromatic nitrogens is 2. The van der Waals surface area contributed by atoms with Crippen LogP contribution in [0.4, 0.5) is 5.82 Å². The van der Waals surface area contributed by atoms with Gasteiger partial charge >= 0.3 is 5.97 Å². The summed E-state index contributed by atoms with van der Waals surface area (Å²) in [6.07, 6.45) is 2.46. The molecule has 1 saturated heterocycles. The Bertz CT molecular complexity index is 417. The minimum absolute atomic E-state index is 0.216. The summed E-state index contributed by atoms with van der Waals surface area (Å²) in [7, 11) is 0. The third-order valence-corrected chi connectivity index (χ3v) is 2.91. The first-order chi connectivity index (χ1) is 7.49. The van der Waals surface area contributed by atoms with Crippen LogP contribution < -0.4 is 4.90 Å². The number of hydrogen-bond acceptors (Lipinski definition) is 4. The molecule has 0 aliphatic carbocycles. The van der Waals surface area contributed by atoms with Crippen LogP contribution in [0.3, 0.4) is 0 Å². The summed E-state index contributed by atoms with van der Waals surface area (Å²) in [5.41, 5.74) is 0.445. The summed E-state index contributed by atoms with van der Waals surface area (Å²) >= 11 is 0. The average Bonchev–Trinajstić information content (AvgIpc) is 2.59. The van der Waals surface area contributed by atoms with Crippen LogP contribution in [0.2, 0.25) is 0 Å². The van der Waals surface area contributed by atoms with Gasteiger partial charge in [0.15, 0.2) is 5.82 Å². The molecular formula is C11H15N3O2. The van der Waals surface area contributed by atoms with Gasteiger partial charge in [-0.1, -0.05) is 13.8 Å². The molecule has 1 aliphatic heterocycles. The molecular weight excluding hydrogens is 206 g/mol. The van der Waals surface area contributed by atoms with Crippen LogP contribution in [0.15, 0.2) is 12.3 Å². The highest BCUT2D eigenvalue weighted by Crippen LogP contribution is 2.32. The quantitative estimate of drug-likeness (QED) is 0.817. The number of anilines is 1. The Hall–Kier alpha value is -1.65. The Labute approximate surface area is 94.1 Å².